The van der Waals surface area contributed by atoms with Gasteiger partial charge in [-0.3, -0.25) is 4.79 Å². The van der Waals surface area contributed by atoms with Crippen molar-refractivity contribution in [2.24, 2.45) is 0 Å². The van der Waals surface area contributed by atoms with Gasteiger partial charge in [0.15, 0.2) is 0 Å². The van der Waals surface area contributed by atoms with Crippen LogP contribution in [0.25, 0.3) is 0 Å². The Morgan fingerprint density at radius 2 is 1.70 bits per heavy atom. The van der Waals surface area contributed by atoms with Crippen LogP contribution in [0, 0.1) is 22.1 Å². The van der Waals surface area contributed by atoms with Crippen LogP contribution in [0.2, 0.25) is 0 Å². The molecule has 0 saturated heterocycles. The van der Waals surface area contributed by atoms with Crippen molar-refractivity contribution >= 4 is 28.5 Å². The van der Waals surface area contributed by atoms with Gasteiger partial charge in [0.05, 0.1) is 12.1 Å². The van der Waals surface area contributed by atoms with Crippen LogP contribution in [-0.4, -0.2) is 35.7 Å². The van der Waals surface area contributed by atoms with Gasteiger partial charge >= 0.3 is 0 Å². The first-order valence-corrected chi connectivity index (χ1v) is 15.1. The summed E-state index contributed by atoms with van der Waals surface area (Å²) in [5, 5.41) is 20.9. The summed E-state index contributed by atoms with van der Waals surface area (Å²) in [6.45, 7) is 3.37. The molecule has 1 fully saturated rings. The molecular weight excluding hydrogens is 623 g/mol. The Bertz CT molecular complexity index is 1260. The number of hydrogen-bond acceptors (Lipinski definition) is 4. The highest BCUT2D eigenvalue weighted by Gasteiger charge is 2.23. The van der Waals surface area contributed by atoms with Gasteiger partial charge in [0.25, 0.3) is 5.91 Å². The lowest BCUT2D eigenvalue weighted by molar-refractivity contribution is 0.0829. The number of aliphatic hydroxyl groups is 1. The topological polar surface area (TPSA) is 73.4 Å². The monoisotopic (exact) mass is 661 g/mol. The molecule has 1 aliphatic rings. The summed E-state index contributed by atoms with van der Waals surface area (Å²) in [7, 11) is 0. The Balaban J connectivity index is 1.45. The molecule has 0 spiro atoms. The zero-order chi connectivity index (χ0) is 28.5. The lowest BCUT2D eigenvalue weighted by Gasteiger charge is -2.25. The second-order valence-corrected chi connectivity index (χ2v) is 12.1. The summed E-state index contributed by atoms with van der Waals surface area (Å²) < 4.78 is 28.9. The molecule has 0 radical (unpaired) electrons. The number of amides is 1. The number of rotatable bonds is 12. The molecule has 5 nitrogen and oxygen atoms in total. The molecule has 4 N–H and O–H groups in total. The van der Waals surface area contributed by atoms with E-state index < -0.39 is 23.8 Å². The number of aryl methyl sites for hydroxylation is 1. The number of nitrogens with one attached hydrogen (secondary N) is 3. The first-order valence-electron chi connectivity index (χ1n) is 14.0. The standard InChI is InChI=1S/C32H38F2IN3O2/c1-21-10-24(19-37-29-8-3-2-4-9-29)12-25(11-21)32(40)38-30(16-23-13-26(33)17-27(34)14-23)31(39)20-36-18-22-6-5-7-28(35)15-22/h5-7,10-15,17,29-31,36-37,39H,2-4,8-9,16,18-20H2,1H3,(H,38,40). The Labute approximate surface area is 249 Å². The van der Waals surface area contributed by atoms with E-state index in [-0.39, 0.29) is 18.9 Å². The predicted octanol–water partition coefficient (Wildman–Crippen LogP) is 5.79. The summed E-state index contributed by atoms with van der Waals surface area (Å²) >= 11 is 2.25. The van der Waals surface area contributed by atoms with E-state index in [1.165, 1.54) is 44.2 Å². The first kappa shape index (κ1) is 30.6. The van der Waals surface area contributed by atoms with Crippen LogP contribution in [0.3, 0.4) is 0 Å². The van der Waals surface area contributed by atoms with Gasteiger partial charge in [-0.1, -0.05) is 43.0 Å². The van der Waals surface area contributed by atoms with E-state index in [1.54, 1.807) is 0 Å². The van der Waals surface area contributed by atoms with Crippen molar-refractivity contribution in [3.8, 4) is 0 Å². The number of carbonyl (C=O) groups is 1. The number of benzene rings is 3. The molecule has 0 heterocycles. The maximum absolute atomic E-state index is 13.9. The number of carbonyl (C=O) groups excluding carboxylic acids is 1. The number of hydrogen-bond donors (Lipinski definition) is 4. The minimum absolute atomic E-state index is 0.0778. The third-order valence-electron chi connectivity index (χ3n) is 7.33. The number of aliphatic hydroxyl groups excluding tert-OH is 1. The van der Waals surface area contributed by atoms with Crippen LogP contribution in [-0.2, 0) is 19.5 Å². The fraction of sp³-hybridized carbons (Fsp3) is 0.406. The second-order valence-electron chi connectivity index (χ2n) is 10.8. The molecule has 1 aliphatic carbocycles. The smallest absolute Gasteiger partial charge is 0.251 e. The van der Waals surface area contributed by atoms with E-state index in [9.17, 15) is 18.7 Å². The zero-order valence-corrected chi connectivity index (χ0v) is 25.0. The van der Waals surface area contributed by atoms with Crippen molar-refractivity contribution in [1.29, 1.82) is 0 Å². The molecule has 8 heteroatoms. The summed E-state index contributed by atoms with van der Waals surface area (Å²) in [4.78, 5) is 13.4. The van der Waals surface area contributed by atoms with Crippen molar-refractivity contribution in [3.05, 3.63) is 104 Å². The molecule has 214 valence electrons. The molecule has 0 aromatic heterocycles. The summed E-state index contributed by atoms with van der Waals surface area (Å²) in [6.07, 6.45) is 5.23. The van der Waals surface area contributed by atoms with Gasteiger partial charge in [-0.2, -0.15) is 0 Å². The Kier molecular flexibility index (Phi) is 11.5. The fourth-order valence-corrected chi connectivity index (χ4v) is 5.94. The van der Waals surface area contributed by atoms with Crippen LogP contribution < -0.4 is 16.0 Å². The van der Waals surface area contributed by atoms with Crippen molar-refractivity contribution in [3.63, 3.8) is 0 Å². The van der Waals surface area contributed by atoms with E-state index in [0.29, 0.717) is 30.3 Å². The number of halogens is 3. The van der Waals surface area contributed by atoms with Crippen molar-refractivity contribution in [1.82, 2.24) is 16.0 Å². The van der Waals surface area contributed by atoms with Gasteiger partial charge in [0.1, 0.15) is 11.6 Å². The van der Waals surface area contributed by atoms with Gasteiger partial charge in [-0.15, -0.1) is 0 Å². The molecule has 3 aromatic carbocycles. The van der Waals surface area contributed by atoms with Crippen LogP contribution in [0.15, 0.2) is 60.7 Å². The van der Waals surface area contributed by atoms with E-state index in [2.05, 4.69) is 44.6 Å². The summed E-state index contributed by atoms with van der Waals surface area (Å²) in [5.41, 5.74) is 3.92. The van der Waals surface area contributed by atoms with E-state index >= 15 is 0 Å². The highest BCUT2D eigenvalue weighted by atomic mass is 127. The molecule has 3 aromatic rings. The van der Waals surface area contributed by atoms with Crippen LogP contribution in [0.1, 0.15) is 64.7 Å². The minimum atomic E-state index is -0.990. The van der Waals surface area contributed by atoms with Crippen molar-refractivity contribution < 1.29 is 18.7 Å². The molecule has 0 aliphatic heterocycles. The average Bonchev–Trinajstić information content (AvgIpc) is 2.91. The first-order chi connectivity index (χ1) is 19.2. The van der Waals surface area contributed by atoms with Crippen LogP contribution >= 0.6 is 22.6 Å². The van der Waals surface area contributed by atoms with Crippen molar-refractivity contribution in [2.75, 3.05) is 6.54 Å². The van der Waals surface area contributed by atoms with Crippen molar-refractivity contribution in [2.45, 2.75) is 76.7 Å². The second kappa shape index (κ2) is 15.0. The Hall–Kier alpha value is -2.40. The van der Waals surface area contributed by atoms with E-state index in [4.69, 9.17) is 0 Å². The van der Waals surface area contributed by atoms with Crippen LogP contribution in [0.5, 0.6) is 0 Å². The Morgan fingerprint density at radius 1 is 0.950 bits per heavy atom. The van der Waals surface area contributed by atoms with Gasteiger partial charge in [-0.05, 0) is 102 Å². The fourth-order valence-electron chi connectivity index (χ4n) is 5.34. The highest BCUT2D eigenvalue weighted by Crippen LogP contribution is 2.19. The predicted molar refractivity (Wildman–Crippen MR) is 163 cm³/mol. The third kappa shape index (κ3) is 9.61. The SMILES string of the molecule is Cc1cc(CNC2CCCCC2)cc(C(=O)NC(Cc2cc(F)cc(F)c2)C(O)CNCc2cccc(I)c2)c1. The van der Waals surface area contributed by atoms with Gasteiger partial charge < -0.3 is 21.1 Å². The lowest BCUT2D eigenvalue weighted by Crippen LogP contribution is -2.48. The quantitative estimate of drug-likeness (QED) is 0.186. The molecule has 2 unspecified atom stereocenters. The normalized spacial score (nSPS) is 15.5. The van der Waals surface area contributed by atoms with E-state index in [1.807, 2.05) is 43.3 Å². The summed E-state index contributed by atoms with van der Waals surface area (Å²) in [5.74, 6) is -1.72. The molecule has 2 atom stereocenters. The lowest BCUT2D eigenvalue weighted by atomic mass is 9.95. The molecule has 4 rings (SSSR count). The Morgan fingerprint density at radius 3 is 2.42 bits per heavy atom. The molecule has 1 amide bonds. The average molecular weight is 662 g/mol. The maximum atomic E-state index is 13.9. The molecule has 40 heavy (non-hydrogen) atoms. The largest absolute Gasteiger partial charge is 0.390 e. The zero-order valence-electron chi connectivity index (χ0n) is 22.9. The maximum Gasteiger partial charge on any atom is 0.251 e. The molecule has 1 saturated carbocycles. The summed E-state index contributed by atoms with van der Waals surface area (Å²) in [6, 6.07) is 16.8. The van der Waals surface area contributed by atoms with Crippen LogP contribution in [0.4, 0.5) is 8.78 Å². The highest BCUT2D eigenvalue weighted by molar-refractivity contribution is 14.1. The molecule has 0 bridgehead atoms. The van der Waals surface area contributed by atoms with E-state index in [0.717, 1.165) is 26.3 Å². The van der Waals surface area contributed by atoms with Gasteiger partial charge in [0, 0.05) is 40.9 Å². The van der Waals surface area contributed by atoms with Gasteiger partial charge in [0.2, 0.25) is 0 Å². The minimum Gasteiger partial charge on any atom is -0.390 e. The third-order valence-corrected chi connectivity index (χ3v) is 8.00. The van der Waals surface area contributed by atoms with Gasteiger partial charge in [-0.25, -0.2) is 8.78 Å². The molecular formula is C32H38F2IN3O2.